The van der Waals surface area contributed by atoms with Crippen molar-refractivity contribution in [1.82, 2.24) is 10.2 Å². The van der Waals surface area contributed by atoms with E-state index >= 15 is 0 Å². The summed E-state index contributed by atoms with van der Waals surface area (Å²) in [6, 6.07) is 3.26. The average Bonchev–Trinajstić information content (AvgIpc) is 2.60. The minimum atomic E-state index is -0.581. The molecule has 1 heterocycles. The molecule has 0 aromatic heterocycles. The van der Waals surface area contributed by atoms with Crippen LogP contribution in [0.1, 0.15) is 31.1 Å². The molecule has 0 bridgehead atoms. The van der Waals surface area contributed by atoms with Gasteiger partial charge in [0.25, 0.3) is 5.91 Å². The summed E-state index contributed by atoms with van der Waals surface area (Å²) in [5.74, 6) is 0.610. The van der Waals surface area contributed by atoms with Gasteiger partial charge in [0.15, 0.2) is 11.5 Å². The molecule has 1 aromatic carbocycles. The normalized spacial score (nSPS) is 14.8. The largest absolute Gasteiger partial charge is 0.493 e. The Morgan fingerprint density at radius 1 is 1.08 bits per heavy atom. The van der Waals surface area contributed by atoms with Crippen molar-refractivity contribution in [2.24, 2.45) is 5.41 Å². The van der Waals surface area contributed by atoms with E-state index in [1.165, 1.54) is 14.2 Å². The van der Waals surface area contributed by atoms with Crippen molar-refractivity contribution in [2.45, 2.75) is 20.8 Å². The summed E-state index contributed by atoms with van der Waals surface area (Å²) in [6.45, 7) is 8.22. The number of nitrogens with zero attached hydrogens (tertiary/aromatic N) is 1. The molecule has 1 aliphatic heterocycles. The summed E-state index contributed by atoms with van der Waals surface area (Å²) in [5, 5.41) is 6.08. The molecule has 138 valence electrons. The summed E-state index contributed by atoms with van der Waals surface area (Å²) >= 11 is 0. The van der Waals surface area contributed by atoms with Crippen LogP contribution < -0.4 is 20.1 Å². The van der Waals surface area contributed by atoms with Gasteiger partial charge in [-0.05, 0) is 6.07 Å². The van der Waals surface area contributed by atoms with Crippen LogP contribution in [0.25, 0.3) is 0 Å². The topological polar surface area (TPSA) is 79.9 Å². The third kappa shape index (κ3) is 4.42. The van der Waals surface area contributed by atoms with Gasteiger partial charge in [0.2, 0.25) is 5.91 Å². The molecule has 1 fully saturated rings. The summed E-state index contributed by atoms with van der Waals surface area (Å²) in [4.78, 5) is 27.2. The van der Waals surface area contributed by atoms with Crippen LogP contribution in [0.4, 0.5) is 5.69 Å². The van der Waals surface area contributed by atoms with Crippen molar-refractivity contribution < 1.29 is 19.1 Å². The maximum absolute atomic E-state index is 13.0. The monoisotopic (exact) mass is 349 g/mol. The third-order valence-electron chi connectivity index (χ3n) is 4.09. The lowest BCUT2D eigenvalue weighted by molar-refractivity contribution is -0.123. The quantitative estimate of drug-likeness (QED) is 0.865. The van der Waals surface area contributed by atoms with Gasteiger partial charge in [-0.3, -0.25) is 9.59 Å². The third-order valence-corrected chi connectivity index (χ3v) is 4.09. The molecule has 2 rings (SSSR count). The summed E-state index contributed by atoms with van der Waals surface area (Å²) < 4.78 is 10.6. The Balaban J connectivity index is 2.43. The van der Waals surface area contributed by atoms with Crippen LogP contribution in [0.2, 0.25) is 0 Å². The van der Waals surface area contributed by atoms with Crippen molar-refractivity contribution in [3.05, 3.63) is 17.7 Å². The van der Waals surface area contributed by atoms with Gasteiger partial charge in [0.1, 0.15) is 0 Å². The van der Waals surface area contributed by atoms with E-state index in [0.717, 1.165) is 13.1 Å². The number of anilines is 1. The fraction of sp³-hybridized carbons (Fsp3) is 0.556. The van der Waals surface area contributed by atoms with E-state index in [1.807, 2.05) is 20.8 Å². The Morgan fingerprint density at radius 2 is 1.64 bits per heavy atom. The lowest BCUT2D eigenvalue weighted by atomic mass is 9.95. The van der Waals surface area contributed by atoms with Gasteiger partial charge in [-0.25, -0.2) is 0 Å². The summed E-state index contributed by atoms with van der Waals surface area (Å²) in [6.07, 6.45) is 0. The van der Waals surface area contributed by atoms with Crippen molar-refractivity contribution in [3.63, 3.8) is 0 Å². The number of methoxy groups -OCH3 is 2. The lowest BCUT2D eigenvalue weighted by Gasteiger charge is -2.29. The Kier molecular flexibility index (Phi) is 5.89. The molecule has 0 radical (unpaired) electrons. The molecule has 1 aromatic rings. The van der Waals surface area contributed by atoms with Crippen LogP contribution in [0, 0.1) is 5.41 Å². The van der Waals surface area contributed by atoms with Crippen molar-refractivity contribution >= 4 is 17.5 Å². The van der Waals surface area contributed by atoms with Crippen LogP contribution in [0.3, 0.4) is 0 Å². The van der Waals surface area contributed by atoms with Gasteiger partial charge < -0.3 is 25.0 Å². The Bertz CT molecular complexity index is 646. The van der Waals surface area contributed by atoms with Gasteiger partial charge in [0.05, 0.1) is 25.5 Å². The Hall–Kier alpha value is -2.28. The molecular formula is C18H27N3O4. The number of rotatable bonds is 4. The van der Waals surface area contributed by atoms with E-state index in [0.29, 0.717) is 35.8 Å². The molecule has 2 amide bonds. The first kappa shape index (κ1) is 19.1. The summed E-state index contributed by atoms with van der Waals surface area (Å²) in [7, 11) is 3.04. The van der Waals surface area contributed by atoms with E-state index in [4.69, 9.17) is 9.47 Å². The predicted octanol–water partition coefficient (Wildman–Crippen LogP) is 1.73. The van der Waals surface area contributed by atoms with Gasteiger partial charge in [0, 0.05) is 37.7 Å². The minimum absolute atomic E-state index is 0.133. The summed E-state index contributed by atoms with van der Waals surface area (Å²) in [5.41, 5.74) is 0.251. The molecule has 0 atom stereocenters. The number of piperazine rings is 1. The number of hydrogen-bond donors (Lipinski definition) is 2. The molecule has 0 unspecified atom stereocenters. The van der Waals surface area contributed by atoms with Crippen LogP contribution in [-0.2, 0) is 4.79 Å². The fourth-order valence-electron chi connectivity index (χ4n) is 2.51. The number of carbonyl (C=O) groups excluding carboxylic acids is 2. The number of ether oxygens (including phenoxy) is 2. The molecule has 0 aliphatic carbocycles. The van der Waals surface area contributed by atoms with E-state index in [-0.39, 0.29) is 11.8 Å². The maximum atomic E-state index is 13.0. The highest BCUT2D eigenvalue weighted by molar-refractivity contribution is 6.05. The first-order chi connectivity index (χ1) is 11.8. The average molecular weight is 349 g/mol. The van der Waals surface area contributed by atoms with Crippen molar-refractivity contribution in [1.29, 1.82) is 0 Å². The Labute approximate surface area is 148 Å². The van der Waals surface area contributed by atoms with Gasteiger partial charge in [-0.2, -0.15) is 0 Å². The van der Waals surface area contributed by atoms with E-state index < -0.39 is 5.41 Å². The highest BCUT2D eigenvalue weighted by atomic mass is 16.5. The number of nitrogens with one attached hydrogen (secondary N) is 2. The van der Waals surface area contributed by atoms with Gasteiger partial charge in [-0.1, -0.05) is 20.8 Å². The maximum Gasteiger partial charge on any atom is 0.256 e. The second kappa shape index (κ2) is 7.74. The van der Waals surface area contributed by atoms with E-state index in [2.05, 4.69) is 10.6 Å². The zero-order valence-electron chi connectivity index (χ0n) is 15.6. The lowest BCUT2D eigenvalue weighted by Crippen LogP contribution is -2.46. The zero-order chi connectivity index (χ0) is 18.6. The first-order valence-electron chi connectivity index (χ1n) is 8.35. The number of hydrogen-bond acceptors (Lipinski definition) is 5. The van der Waals surface area contributed by atoms with E-state index in [9.17, 15) is 9.59 Å². The number of benzene rings is 1. The molecule has 7 heteroatoms. The molecular weight excluding hydrogens is 322 g/mol. The number of amides is 2. The van der Waals surface area contributed by atoms with Gasteiger partial charge in [-0.15, -0.1) is 0 Å². The molecule has 1 aliphatic rings. The van der Waals surface area contributed by atoms with Crippen molar-refractivity contribution in [3.8, 4) is 11.5 Å². The highest BCUT2D eigenvalue weighted by Crippen LogP contribution is 2.34. The molecule has 1 saturated heterocycles. The molecule has 7 nitrogen and oxygen atoms in total. The van der Waals surface area contributed by atoms with Crippen LogP contribution in [-0.4, -0.2) is 57.1 Å². The number of carbonyl (C=O) groups is 2. The Morgan fingerprint density at radius 3 is 2.16 bits per heavy atom. The molecule has 25 heavy (non-hydrogen) atoms. The van der Waals surface area contributed by atoms with E-state index in [1.54, 1.807) is 17.0 Å². The minimum Gasteiger partial charge on any atom is -0.493 e. The molecule has 0 saturated carbocycles. The SMILES string of the molecule is COc1cc(NC(=O)C(C)(C)C)c(C(=O)N2CCNCC2)cc1OC. The zero-order valence-corrected chi connectivity index (χ0v) is 15.6. The standard InChI is InChI=1S/C18H27N3O4/c1-18(2,3)17(23)20-13-11-15(25-5)14(24-4)10-12(13)16(22)21-8-6-19-7-9-21/h10-11,19H,6-9H2,1-5H3,(H,20,23). The molecule has 0 spiro atoms. The fourth-order valence-corrected chi connectivity index (χ4v) is 2.51. The van der Waals surface area contributed by atoms with Crippen LogP contribution in [0.5, 0.6) is 11.5 Å². The highest BCUT2D eigenvalue weighted by Gasteiger charge is 2.27. The van der Waals surface area contributed by atoms with Crippen LogP contribution >= 0.6 is 0 Å². The predicted molar refractivity (Wildman–Crippen MR) is 96.4 cm³/mol. The smallest absolute Gasteiger partial charge is 0.256 e. The second-order valence-corrected chi connectivity index (χ2v) is 7.00. The van der Waals surface area contributed by atoms with Crippen LogP contribution in [0.15, 0.2) is 12.1 Å². The first-order valence-corrected chi connectivity index (χ1v) is 8.35. The molecule has 2 N–H and O–H groups in total. The van der Waals surface area contributed by atoms with Crippen molar-refractivity contribution in [2.75, 3.05) is 45.7 Å². The second-order valence-electron chi connectivity index (χ2n) is 7.00. The van der Waals surface area contributed by atoms with Gasteiger partial charge >= 0.3 is 0 Å².